The number of hydrogen-bond acceptors (Lipinski definition) is 5. The number of rotatable bonds is 6. The zero-order valence-electron chi connectivity index (χ0n) is 18.6. The molecule has 0 amide bonds. The van der Waals surface area contributed by atoms with Crippen molar-refractivity contribution in [2.24, 2.45) is 5.92 Å². The number of piperidine rings is 1. The molecule has 0 bridgehead atoms. The molecule has 1 aromatic heterocycles. The van der Waals surface area contributed by atoms with Crippen molar-refractivity contribution in [1.29, 1.82) is 0 Å². The molecule has 0 spiro atoms. The van der Waals surface area contributed by atoms with E-state index in [1.807, 2.05) is 44.2 Å². The average Bonchev–Trinajstić information content (AvgIpc) is 3.11. The van der Waals surface area contributed by atoms with Crippen LogP contribution in [0.5, 0.6) is 0 Å². The minimum Gasteiger partial charge on any atom is -0.460 e. The summed E-state index contributed by atoms with van der Waals surface area (Å²) in [7, 11) is -3.57. The Hall–Kier alpha value is -2.68. The van der Waals surface area contributed by atoms with E-state index in [0.29, 0.717) is 29.3 Å². The molecule has 33 heavy (non-hydrogen) atoms. The number of benzene rings is 2. The molecule has 0 aliphatic carbocycles. The van der Waals surface area contributed by atoms with Crippen LogP contribution in [-0.4, -0.2) is 41.6 Å². The zero-order chi connectivity index (χ0) is 23.6. The van der Waals surface area contributed by atoms with Crippen molar-refractivity contribution in [3.8, 4) is 5.69 Å². The number of esters is 1. The number of aryl methyl sites for hydroxylation is 2. The van der Waals surface area contributed by atoms with Gasteiger partial charge in [0.25, 0.3) is 0 Å². The lowest BCUT2D eigenvalue weighted by atomic mass is 9.98. The van der Waals surface area contributed by atoms with Gasteiger partial charge in [0.2, 0.25) is 10.0 Å². The second-order valence-electron chi connectivity index (χ2n) is 8.20. The summed E-state index contributed by atoms with van der Waals surface area (Å²) in [6.45, 7) is 4.32. The highest BCUT2D eigenvalue weighted by Gasteiger charge is 2.33. The molecule has 174 valence electrons. The van der Waals surface area contributed by atoms with Gasteiger partial charge in [-0.3, -0.25) is 4.79 Å². The molecule has 0 atom stereocenters. The molecule has 0 unspecified atom stereocenters. The molecule has 9 heteroatoms. The van der Waals surface area contributed by atoms with Crippen molar-refractivity contribution < 1.29 is 17.9 Å². The highest BCUT2D eigenvalue weighted by molar-refractivity contribution is 7.89. The van der Waals surface area contributed by atoms with E-state index in [2.05, 4.69) is 5.10 Å². The van der Waals surface area contributed by atoms with Gasteiger partial charge in [0.05, 0.1) is 22.2 Å². The highest BCUT2D eigenvalue weighted by Crippen LogP contribution is 2.27. The smallest absolute Gasteiger partial charge is 0.309 e. The fraction of sp³-hybridized carbons (Fsp3) is 0.333. The van der Waals surface area contributed by atoms with Gasteiger partial charge in [0.1, 0.15) is 11.8 Å². The van der Waals surface area contributed by atoms with Gasteiger partial charge in [-0.25, -0.2) is 13.1 Å². The first-order valence-electron chi connectivity index (χ1n) is 10.8. The molecular weight excluding hydrogens is 462 g/mol. The maximum Gasteiger partial charge on any atom is 0.309 e. The van der Waals surface area contributed by atoms with Crippen LogP contribution >= 0.6 is 11.6 Å². The molecule has 3 aromatic rings. The maximum absolute atomic E-state index is 12.9. The Morgan fingerprint density at radius 1 is 1.06 bits per heavy atom. The van der Waals surface area contributed by atoms with Crippen LogP contribution in [0.1, 0.15) is 29.7 Å². The third-order valence-corrected chi connectivity index (χ3v) is 8.23. The summed E-state index contributed by atoms with van der Waals surface area (Å²) in [4.78, 5) is 12.9. The fourth-order valence-corrected chi connectivity index (χ4v) is 5.68. The van der Waals surface area contributed by atoms with E-state index in [9.17, 15) is 13.2 Å². The first kappa shape index (κ1) is 23.5. The normalized spacial score (nSPS) is 15.5. The average molecular weight is 488 g/mol. The molecule has 0 radical (unpaired) electrons. The number of carbonyl (C=O) groups excluding carboxylic acids is 1. The van der Waals surface area contributed by atoms with Crippen molar-refractivity contribution in [3.63, 3.8) is 0 Å². The van der Waals surface area contributed by atoms with Crippen molar-refractivity contribution in [2.45, 2.75) is 38.2 Å². The molecule has 1 fully saturated rings. The number of para-hydroxylation sites is 1. The summed E-state index contributed by atoms with van der Waals surface area (Å²) in [6, 6.07) is 16.3. The van der Waals surface area contributed by atoms with Crippen LogP contribution in [-0.2, 0) is 26.2 Å². The summed E-state index contributed by atoms with van der Waals surface area (Å²) in [5.41, 5.74) is 3.18. The van der Waals surface area contributed by atoms with E-state index in [0.717, 1.165) is 11.3 Å². The Balaban J connectivity index is 1.36. The minimum atomic E-state index is -3.57. The summed E-state index contributed by atoms with van der Waals surface area (Å²) in [5, 5.41) is 4.87. The van der Waals surface area contributed by atoms with Crippen molar-refractivity contribution in [2.75, 3.05) is 13.1 Å². The number of nitrogens with zero attached hydrogens (tertiary/aromatic N) is 3. The van der Waals surface area contributed by atoms with Gasteiger partial charge in [0, 0.05) is 18.7 Å². The Bertz CT molecular complexity index is 1230. The van der Waals surface area contributed by atoms with Crippen molar-refractivity contribution in [3.05, 3.63) is 76.6 Å². The molecule has 0 N–H and O–H groups in total. The van der Waals surface area contributed by atoms with Gasteiger partial charge in [-0.15, -0.1) is 0 Å². The second-order valence-corrected chi connectivity index (χ2v) is 10.5. The Kier molecular flexibility index (Phi) is 6.88. The van der Waals surface area contributed by atoms with Crippen LogP contribution in [0.4, 0.5) is 0 Å². The van der Waals surface area contributed by atoms with E-state index in [1.165, 1.54) is 4.31 Å². The van der Waals surface area contributed by atoms with E-state index in [1.54, 1.807) is 28.9 Å². The standard InChI is InChI=1S/C24H26ClN3O4S/c1-17-8-10-21(11-9-17)33(30,31)27-14-12-19(13-15-27)24(29)32-16-22-18(2)26-28(23(22)25)20-6-4-3-5-7-20/h3-11,19H,12-16H2,1-2H3. The fourth-order valence-electron chi connectivity index (χ4n) is 3.89. The molecule has 0 saturated carbocycles. The predicted octanol–water partition coefficient (Wildman–Crippen LogP) is 4.29. The van der Waals surface area contributed by atoms with Gasteiger partial charge in [0.15, 0.2) is 0 Å². The minimum absolute atomic E-state index is 0.0260. The van der Waals surface area contributed by atoms with Gasteiger partial charge < -0.3 is 4.74 Å². The third kappa shape index (κ3) is 4.98. The summed E-state index contributed by atoms with van der Waals surface area (Å²) < 4.78 is 34.3. The first-order valence-corrected chi connectivity index (χ1v) is 12.6. The highest BCUT2D eigenvalue weighted by atomic mass is 35.5. The van der Waals surface area contributed by atoms with E-state index >= 15 is 0 Å². The lowest BCUT2D eigenvalue weighted by Gasteiger charge is -2.30. The Morgan fingerprint density at radius 2 is 1.70 bits per heavy atom. The van der Waals surface area contributed by atoms with E-state index in [4.69, 9.17) is 16.3 Å². The molecule has 2 aromatic carbocycles. The zero-order valence-corrected chi connectivity index (χ0v) is 20.1. The van der Waals surface area contributed by atoms with Crippen LogP contribution < -0.4 is 0 Å². The van der Waals surface area contributed by atoms with Crippen LogP contribution in [0, 0.1) is 19.8 Å². The number of ether oxygens (including phenoxy) is 1. The maximum atomic E-state index is 12.9. The lowest BCUT2D eigenvalue weighted by Crippen LogP contribution is -2.40. The number of sulfonamides is 1. The number of hydrogen-bond donors (Lipinski definition) is 0. The molecule has 4 rings (SSSR count). The van der Waals surface area contributed by atoms with Crippen LogP contribution in [0.15, 0.2) is 59.5 Å². The number of aromatic nitrogens is 2. The quantitative estimate of drug-likeness (QED) is 0.484. The van der Waals surface area contributed by atoms with Gasteiger partial charge in [-0.1, -0.05) is 47.5 Å². The lowest BCUT2D eigenvalue weighted by molar-refractivity contribution is -0.151. The molecule has 2 heterocycles. The monoisotopic (exact) mass is 487 g/mol. The third-order valence-electron chi connectivity index (χ3n) is 5.93. The SMILES string of the molecule is Cc1ccc(S(=O)(=O)N2CCC(C(=O)OCc3c(C)nn(-c4ccccc4)c3Cl)CC2)cc1. The summed E-state index contributed by atoms with van der Waals surface area (Å²) in [6.07, 6.45) is 0.833. The molecule has 1 saturated heterocycles. The predicted molar refractivity (Wildman–Crippen MR) is 126 cm³/mol. The van der Waals surface area contributed by atoms with E-state index in [-0.39, 0.29) is 36.5 Å². The molecular formula is C24H26ClN3O4S. The largest absolute Gasteiger partial charge is 0.460 e. The topological polar surface area (TPSA) is 81.5 Å². The second kappa shape index (κ2) is 9.67. The van der Waals surface area contributed by atoms with Gasteiger partial charge in [-0.2, -0.15) is 9.40 Å². The first-order chi connectivity index (χ1) is 15.8. The summed E-state index contributed by atoms with van der Waals surface area (Å²) in [5.74, 6) is -0.692. The Morgan fingerprint density at radius 3 is 2.33 bits per heavy atom. The van der Waals surface area contributed by atoms with Gasteiger partial charge in [-0.05, 0) is 51.0 Å². The van der Waals surface area contributed by atoms with Crippen LogP contribution in [0.3, 0.4) is 0 Å². The van der Waals surface area contributed by atoms with Crippen LogP contribution in [0.25, 0.3) is 5.69 Å². The van der Waals surface area contributed by atoms with Crippen molar-refractivity contribution in [1.82, 2.24) is 14.1 Å². The van der Waals surface area contributed by atoms with Crippen LogP contribution in [0.2, 0.25) is 5.15 Å². The van der Waals surface area contributed by atoms with E-state index < -0.39 is 10.0 Å². The number of carbonyl (C=O) groups is 1. The van der Waals surface area contributed by atoms with Crippen molar-refractivity contribution >= 4 is 27.6 Å². The van der Waals surface area contributed by atoms with Gasteiger partial charge >= 0.3 is 5.97 Å². The molecule has 7 nitrogen and oxygen atoms in total. The number of halogens is 1. The molecule has 1 aliphatic rings. The summed E-state index contributed by atoms with van der Waals surface area (Å²) >= 11 is 6.51. The molecule has 1 aliphatic heterocycles. The Labute approximate surface area is 199 Å².